The zero-order chi connectivity index (χ0) is 19.3. The number of carboxylic acid groups (broad SMARTS) is 1. The number of hydrogen-bond acceptors (Lipinski definition) is 6. The Morgan fingerprint density at radius 3 is 2.81 bits per heavy atom. The van der Waals surface area contributed by atoms with Crippen LogP contribution in [-0.4, -0.2) is 46.6 Å². The molecule has 0 amide bonds. The monoisotopic (exact) mass is 391 g/mol. The molecule has 0 saturated carbocycles. The molecule has 1 fully saturated rings. The van der Waals surface area contributed by atoms with Crippen molar-refractivity contribution in [2.45, 2.75) is 32.0 Å². The van der Waals surface area contributed by atoms with Crippen LogP contribution in [0.1, 0.15) is 31.7 Å². The van der Waals surface area contributed by atoms with Crippen LogP contribution in [0.3, 0.4) is 0 Å². The minimum absolute atomic E-state index is 0.239. The van der Waals surface area contributed by atoms with Gasteiger partial charge in [-0.2, -0.15) is 0 Å². The summed E-state index contributed by atoms with van der Waals surface area (Å²) in [6.07, 6.45) is 7.15. The number of rotatable bonds is 7. The average Bonchev–Trinajstić information content (AvgIpc) is 2.67. The van der Waals surface area contributed by atoms with Crippen molar-refractivity contribution in [1.82, 2.24) is 4.90 Å². The molecule has 1 aromatic rings. The first-order valence-corrected chi connectivity index (χ1v) is 9.96. The Labute approximate surface area is 163 Å². The number of nitrogens with zero attached hydrogens (tertiary/aromatic N) is 1. The zero-order valence-electron chi connectivity index (χ0n) is 15.3. The third-order valence-electron chi connectivity index (χ3n) is 4.72. The van der Waals surface area contributed by atoms with Crippen molar-refractivity contribution in [1.29, 1.82) is 0 Å². The molecule has 146 valence electrons. The minimum Gasteiger partial charge on any atom is -0.508 e. The number of hydrogen-bond donors (Lipinski definition) is 2. The van der Waals surface area contributed by atoms with E-state index in [-0.39, 0.29) is 11.7 Å². The van der Waals surface area contributed by atoms with E-state index in [2.05, 4.69) is 22.7 Å². The van der Waals surface area contributed by atoms with Crippen molar-refractivity contribution in [2.24, 2.45) is 5.92 Å². The molecule has 0 atom stereocenters. The summed E-state index contributed by atoms with van der Waals surface area (Å²) in [5.74, 6) is -2.07. The molecule has 6 nitrogen and oxygen atoms in total. The molecule has 0 bridgehead atoms. The molecule has 2 aliphatic rings. The lowest BCUT2D eigenvalue weighted by Crippen LogP contribution is -2.47. The molecule has 3 rings (SSSR count). The minimum atomic E-state index is -1.50. The first-order valence-electron chi connectivity index (χ1n) is 9.08. The van der Waals surface area contributed by atoms with E-state index in [0.717, 1.165) is 36.3 Å². The van der Waals surface area contributed by atoms with Crippen LogP contribution < -0.4 is 0 Å². The highest BCUT2D eigenvalue weighted by Crippen LogP contribution is 2.33. The molecule has 2 N–H and O–H groups in total. The summed E-state index contributed by atoms with van der Waals surface area (Å²) in [5.41, 5.74) is 1.01. The number of ether oxygens (including phenoxy) is 2. The molecule has 0 unspecified atom stereocenters. The molecular weight excluding hydrogens is 366 g/mol. The van der Waals surface area contributed by atoms with Crippen LogP contribution >= 0.6 is 11.8 Å². The summed E-state index contributed by atoms with van der Waals surface area (Å²) in [6, 6.07) is 7.27. The smallest absolute Gasteiger partial charge is 0.364 e. The molecule has 7 heteroatoms. The van der Waals surface area contributed by atoms with Crippen LogP contribution in [0.2, 0.25) is 0 Å². The number of aliphatic carboxylic acids is 1. The van der Waals surface area contributed by atoms with Crippen molar-refractivity contribution in [2.75, 3.05) is 19.8 Å². The van der Waals surface area contributed by atoms with Crippen LogP contribution in [0.15, 0.2) is 42.1 Å². The van der Waals surface area contributed by atoms with Gasteiger partial charge in [-0.25, -0.2) is 4.79 Å². The number of thioether (sulfide) groups is 1. The van der Waals surface area contributed by atoms with E-state index in [1.54, 1.807) is 23.9 Å². The van der Waals surface area contributed by atoms with Gasteiger partial charge in [0.05, 0.1) is 13.2 Å². The Hall–Kier alpha value is -1.96. The third kappa shape index (κ3) is 5.28. The average molecular weight is 391 g/mol. The fourth-order valence-electron chi connectivity index (χ4n) is 3.01. The topological polar surface area (TPSA) is 79.2 Å². The van der Waals surface area contributed by atoms with E-state index in [4.69, 9.17) is 14.6 Å². The van der Waals surface area contributed by atoms with Gasteiger partial charge in [-0.05, 0) is 35.9 Å². The van der Waals surface area contributed by atoms with Crippen LogP contribution in [0.25, 0.3) is 4.91 Å². The van der Waals surface area contributed by atoms with Crippen molar-refractivity contribution in [3.05, 3.63) is 47.6 Å². The van der Waals surface area contributed by atoms with Gasteiger partial charge >= 0.3 is 5.97 Å². The molecule has 1 saturated heterocycles. The van der Waals surface area contributed by atoms with E-state index in [1.165, 1.54) is 6.92 Å². The van der Waals surface area contributed by atoms with E-state index < -0.39 is 11.8 Å². The quantitative estimate of drug-likeness (QED) is 0.684. The number of carboxylic acids is 1. The Balaban J connectivity index is 1.41. The van der Waals surface area contributed by atoms with Crippen molar-refractivity contribution >= 4 is 22.6 Å². The normalized spacial score (nSPS) is 25.3. The summed E-state index contributed by atoms with van der Waals surface area (Å²) >= 11 is 1.64. The Morgan fingerprint density at radius 2 is 2.11 bits per heavy atom. The van der Waals surface area contributed by atoms with Crippen LogP contribution in [0.4, 0.5) is 0 Å². The maximum atomic E-state index is 11.1. The number of aromatic hydroxyl groups is 1. The highest BCUT2D eigenvalue weighted by Gasteiger charge is 2.40. The van der Waals surface area contributed by atoms with Crippen LogP contribution in [-0.2, 0) is 14.3 Å². The number of benzene rings is 1. The van der Waals surface area contributed by atoms with E-state index in [1.807, 2.05) is 12.1 Å². The predicted octanol–water partition coefficient (Wildman–Crippen LogP) is 3.84. The first kappa shape index (κ1) is 19.8. The second-order valence-corrected chi connectivity index (χ2v) is 7.87. The number of phenols is 1. The molecular formula is C20H25NO5S. The molecule has 0 aromatic heterocycles. The number of carbonyl (C=O) groups is 1. The fourth-order valence-corrected chi connectivity index (χ4v) is 3.83. The highest BCUT2D eigenvalue weighted by molar-refractivity contribution is 8.10. The second-order valence-electron chi connectivity index (χ2n) is 6.92. The highest BCUT2D eigenvalue weighted by atomic mass is 32.2. The van der Waals surface area contributed by atoms with E-state index in [9.17, 15) is 9.90 Å². The lowest BCUT2D eigenvalue weighted by atomic mass is 10.0. The summed E-state index contributed by atoms with van der Waals surface area (Å²) in [6.45, 7) is 3.19. The lowest BCUT2D eigenvalue weighted by Gasteiger charge is -2.34. The van der Waals surface area contributed by atoms with Gasteiger partial charge in [0, 0.05) is 36.7 Å². The Kier molecular flexibility index (Phi) is 6.46. The largest absolute Gasteiger partial charge is 0.508 e. The van der Waals surface area contributed by atoms with Gasteiger partial charge < -0.3 is 24.6 Å². The second kappa shape index (κ2) is 8.82. The van der Waals surface area contributed by atoms with Gasteiger partial charge in [0.25, 0.3) is 5.79 Å². The third-order valence-corrected chi connectivity index (χ3v) is 5.57. The van der Waals surface area contributed by atoms with E-state index >= 15 is 0 Å². The summed E-state index contributed by atoms with van der Waals surface area (Å²) < 4.78 is 10.8. The Morgan fingerprint density at radius 1 is 1.33 bits per heavy atom. The van der Waals surface area contributed by atoms with Gasteiger partial charge in [0.2, 0.25) is 0 Å². The standard InChI is InChI=1S/C20H25NO5S/c1-20(19(23)24)25-13-15(14-26-20)5-2-3-8-21-9-10-27-18(12-21)16-6-4-7-17(22)11-16/h4,6-7,9-12,15,22H,2-3,5,8,13-14H2,1H3,(H,23,24). The number of phenolic OH excluding ortho intramolecular Hbond substituents is 1. The van der Waals surface area contributed by atoms with Crippen LogP contribution in [0, 0.1) is 5.92 Å². The fraction of sp³-hybridized carbons (Fsp3) is 0.450. The molecule has 1 aromatic carbocycles. The molecule has 0 spiro atoms. The molecule has 27 heavy (non-hydrogen) atoms. The summed E-state index contributed by atoms with van der Waals surface area (Å²) in [5, 5.41) is 20.8. The summed E-state index contributed by atoms with van der Waals surface area (Å²) in [4.78, 5) is 14.3. The molecule has 0 aliphatic carbocycles. The first-order chi connectivity index (χ1) is 13.0. The molecule has 0 radical (unpaired) electrons. The summed E-state index contributed by atoms with van der Waals surface area (Å²) in [7, 11) is 0. The maximum Gasteiger partial charge on any atom is 0.364 e. The van der Waals surface area contributed by atoms with Gasteiger partial charge in [-0.3, -0.25) is 0 Å². The van der Waals surface area contributed by atoms with Crippen molar-refractivity contribution < 1.29 is 24.5 Å². The SMILES string of the molecule is CC1(C(=O)O)OCC(CCCCN2C=CSC(c3cccc(O)c3)=C2)CO1. The predicted molar refractivity (Wildman–Crippen MR) is 105 cm³/mol. The zero-order valence-corrected chi connectivity index (χ0v) is 16.2. The van der Waals surface area contributed by atoms with Gasteiger partial charge in [-0.1, -0.05) is 30.3 Å². The lowest BCUT2D eigenvalue weighted by molar-refractivity contribution is -0.271. The van der Waals surface area contributed by atoms with Gasteiger partial charge in [0.15, 0.2) is 0 Å². The maximum absolute atomic E-state index is 11.1. The van der Waals surface area contributed by atoms with Crippen molar-refractivity contribution in [3.8, 4) is 5.75 Å². The molecule has 2 heterocycles. The number of unbranched alkanes of at least 4 members (excludes halogenated alkanes) is 1. The Bertz CT molecular complexity index is 725. The van der Waals surface area contributed by atoms with Crippen LogP contribution in [0.5, 0.6) is 5.75 Å². The molecule has 2 aliphatic heterocycles. The van der Waals surface area contributed by atoms with E-state index in [0.29, 0.717) is 13.2 Å². The van der Waals surface area contributed by atoms with Crippen molar-refractivity contribution in [3.63, 3.8) is 0 Å². The van der Waals surface area contributed by atoms with Gasteiger partial charge in [-0.15, -0.1) is 0 Å². The van der Waals surface area contributed by atoms with Gasteiger partial charge in [0.1, 0.15) is 5.75 Å².